The first-order chi connectivity index (χ1) is 9.88. The fourth-order valence-electron chi connectivity index (χ4n) is 2.41. The van der Waals surface area contributed by atoms with Gasteiger partial charge in [0.2, 0.25) is 5.91 Å². The van der Waals surface area contributed by atoms with Gasteiger partial charge in [0.25, 0.3) is 0 Å². The van der Waals surface area contributed by atoms with Crippen LogP contribution >= 0.6 is 0 Å². The molecule has 112 valence electrons. The van der Waals surface area contributed by atoms with Crippen molar-refractivity contribution in [2.45, 2.75) is 40.0 Å². The van der Waals surface area contributed by atoms with Gasteiger partial charge in [0, 0.05) is 24.0 Å². The molecule has 0 aliphatic carbocycles. The number of rotatable bonds is 4. The highest BCUT2D eigenvalue weighted by Gasteiger charge is 2.13. The van der Waals surface area contributed by atoms with Crippen LogP contribution in [-0.2, 0) is 18.3 Å². The van der Waals surface area contributed by atoms with Crippen molar-refractivity contribution in [3.05, 3.63) is 46.8 Å². The van der Waals surface area contributed by atoms with Crippen molar-refractivity contribution in [1.82, 2.24) is 9.78 Å². The summed E-state index contributed by atoms with van der Waals surface area (Å²) in [5.41, 5.74) is 5.04. The minimum atomic E-state index is -0.00453. The lowest BCUT2D eigenvalue weighted by Crippen LogP contribution is -2.15. The molecular formula is C17H23N3O. The molecule has 1 aromatic heterocycles. The molecule has 1 aromatic carbocycles. The second-order valence-corrected chi connectivity index (χ2v) is 5.78. The van der Waals surface area contributed by atoms with Crippen LogP contribution in [0.1, 0.15) is 42.3 Å². The molecule has 0 saturated heterocycles. The first-order valence-electron chi connectivity index (χ1n) is 7.27. The van der Waals surface area contributed by atoms with E-state index >= 15 is 0 Å². The van der Waals surface area contributed by atoms with Crippen LogP contribution in [0.2, 0.25) is 0 Å². The third-order valence-electron chi connectivity index (χ3n) is 3.83. The number of aromatic nitrogens is 2. The lowest BCUT2D eigenvalue weighted by molar-refractivity contribution is -0.115. The van der Waals surface area contributed by atoms with Gasteiger partial charge in [-0.1, -0.05) is 26.0 Å². The lowest BCUT2D eigenvalue weighted by atomic mass is 10.0. The molecule has 1 N–H and O–H groups in total. The van der Waals surface area contributed by atoms with E-state index in [0.717, 1.165) is 22.6 Å². The summed E-state index contributed by atoms with van der Waals surface area (Å²) >= 11 is 0. The number of nitrogens with one attached hydrogen (secondary N) is 1. The summed E-state index contributed by atoms with van der Waals surface area (Å²) in [7, 11) is 1.90. The lowest BCUT2D eigenvalue weighted by Gasteiger charge is -2.10. The first-order valence-corrected chi connectivity index (χ1v) is 7.27. The maximum Gasteiger partial charge on any atom is 0.228 e. The number of carbonyl (C=O) groups is 1. The van der Waals surface area contributed by atoms with E-state index in [4.69, 9.17) is 0 Å². The van der Waals surface area contributed by atoms with Gasteiger partial charge in [0.15, 0.2) is 0 Å². The number of hydrogen-bond donors (Lipinski definition) is 1. The molecule has 2 rings (SSSR count). The Morgan fingerprint density at radius 2 is 2.05 bits per heavy atom. The van der Waals surface area contributed by atoms with Crippen molar-refractivity contribution in [3.8, 4) is 0 Å². The molecule has 1 amide bonds. The molecule has 0 atom stereocenters. The maximum atomic E-state index is 12.2. The molecule has 0 fully saturated rings. The zero-order chi connectivity index (χ0) is 15.6. The SMILES string of the molecule is Cc1nn(C)c(C)c1CC(=O)Nc1cccc(C(C)C)c1. The average Bonchev–Trinajstić information content (AvgIpc) is 2.65. The van der Waals surface area contributed by atoms with Gasteiger partial charge in [-0.05, 0) is 37.5 Å². The monoisotopic (exact) mass is 285 g/mol. The van der Waals surface area contributed by atoms with Crippen LogP contribution in [0.4, 0.5) is 5.69 Å². The Bertz CT molecular complexity index is 656. The van der Waals surface area contributed by atoms with Gasteiger partial charge < -0.3 is 5.32 Å². The number of nitrogens with zero attached hydrogens (tertiary/aromatic N) is 2. The molecule has 0 aliphatic rings. The van der Waals surface area contributed by atoms with Gasteiger partial charge in [0.1, 0.15) is 0 Å². The van der Waals surface area contributed by atoms with Crippen LogP contribution in [0.15, 0.2) is 24.3 Å². The van der Waals surface area contributed by atoms with Crippen molar-refractivity contribution in [2.75, 3.05) is 5.32 Å². The van der Waals surface area contributed by atoms with E-state index < -0.39 is 0 Å². The summed E-state index contributed by atoms with van der Waals surface area (Å²) in [5.74, 6) is 0.444. The van der Waals surface area contributed by atoms with Gasteiger partial charge >= 0.3 is 0 Å². The first kappa shape index (κ1) is 15.3. The number of aryl methyl sites for hydroxylation is 2. The zero-order valence-corrected chi connectivity index (χ0v) is 13.4. The van der Waals surface area contributed by atoms with Crippen molar-refractivity contribution in [3.63, 3.8) is 0 Å². The fraction of sp³-hybridized carbons (Fsp3) is 0.412. The Morgan fingerprint density at radius 3 is 2.62 bits per heavy atom. The summed E-state index contributed by atoms with van der Waals surface area (Å²) in [5, 5.41) is 7.32. The topological polar surface area (TPSA) is 46.9 Å². The minimum Gasteiger partial charge on any atom is -0.326 e. The molecule has 1 heterocycles. The van der Waals surface area contributed by atoms with E-state index in [0.29, 0.717) is 12.3 Å². The van der Waals surface area contributed by atoms with E-state index in [1.54, 1.807) is 0 Å². The Labute approximate surface area is 126 Å². The van der Waals surface area contributed by atoms with Gasteiger partial charge in [0.05, 0.1) is 12.1 Å². The normalized spacial score (nSPS) is 11.0. The van der Waals surface area contributed by atoms with Gasteiger partial charge in [-0.25, -0.2) is 0 Å². The predicted molar refractivity (Wildman–Crippen MR) is 85.5 cm³/mol. The van der Waals surface area contributed by atoms with Crippen molar-refractivity contribution < 1.29 is 4.79 Å². The molecular weight excluding hydrogens is 262 g/mol. The van der Waals surface area contributed by atoms with E-state index in [1.165, 1.54) is 5.56 Å². The molecule has 0 radical (unpaired) electrons. The molecule has 0 unspecified atom stereocenters. The zero-order valence-electron chi connectivity index (χ0n) is 13.4. The Kier molecular flexibility index (Phi) is 4.46. The van der Waals surface area contributed by atoms with Crippen LogP contribution in [-0.4, -0.2) is 15.7 Å². The molecule has 0 aliphatic heterocycles. The summed E-state index contributed by atoms with van der Waals surface area (Å²) in [4.78, 5) is 12.2. The Balaban J connectivity index is 2.10. The predicted octanol–water partition coefficient (Wildman–Crippen LogP) is 3.34. The van der Waals surface area contributed by atoms with Gasteiger partial charge in [-0.3, -0.25) is 9.48 Å². The van der Waals surface area contributed by atoms with Crippen LogP contribution in [0.25, 0.3) is 0 Å². The molecule has 4 heteroatoms. The third kappa shape index (κ3) is 3.51. The van der Waals surface area contributed by atoms with E-state index in [9.17, 15) is 4.79 Å². The van der Waals surface area contributed by atoms with E-state index in [1.807, 2.05) is 43.8 Å². The largest absolute Gasteiger partial charge is 0.326 e. The number of carbonyl (C=O) groups excluding carboxylic acids is 1. The summed E-state index contributed by atoms with van der Waals surface area (Å²) in [6, 6.07) is 8.01. The molecule has 21 heavy (non-hydrogen) atoms. The fourth-order valence-corrected chi connectivity index (χ4v) is 2.41. The third-order valence-corrected chi connectivity index (χ3v) is 3.83. The van der Waals surface area contributed by atoms with Gasteiger partial charge in [-0.15, -0.1) is 0 Å². The number of hydrogen-bond acceptors (Lipinski definition) is 2. The quantitative estimate of drug-likeness (QED) is 0.936. The second-order valence-electron chi connectivity index (χ2n) is 5.78. The Morgan fingerprint density at radius 1 is 1.33 bits per heavy atom. The maximum absolute atomic E-state index is 12.2. The van der Waals surface area contributed by atoms with Crippen LogP contribution in [0, 0.1) is 13.8 Å². The van der Waals surface area contributed by atoms with E-state index in [2.05, 4.69) is 30.3 Å². The summed E-state index contributed by atoms with van der Waals surface area (Å²) in [6.45, 7) is 8.21. The van der Waals surface area contributed by atoms with Gasteiger partial charge in [-0.2, -0.15) is 5.10 Å². The molecule has 0 bridgehead atoms. The second kappa shape index (κ2) is 6.12. The van der Waals surface area contributed by atoms with Crippen molar-refractivity contribution in [1.29, 1.82) is 0 Å². The number of benzene rings is 1. The summed E-state index contributed by atoms with van der Waals surface area (Å²) in [6.07, 6.45) is 0.359. The standard InChI is InChI=1S/C17H23N3O/c1-11(2)14-7-6-8-15(9-14)18-17(21)10-16-12(3)19-20(5)13(16)4/h6-9,11H,10H2,1-5H3,(H,18,21). The highest BCUT2D eigenvalue weighted by molar-refractivity contribution is 5.92. The molecule has 0 spiro atoms. The highest BCUT2D eigenvalue weighted by Crippen LogP contribution is 2.19. The summed E-state index contributed by atoms with van der Waals surface area (Å²) < 4.78 is 1.82. The van der Waals surface area contributed by atoms with Crippen molar-refractivity contribution in [2.24, 2.45) is 7.05 Å². The van der Waals surface area contributed by atoms with Crippen LogP contribution in [0.3, 0.4) is 0 Å². The highest BCUT2D eigenvalue weighted by atomic mass is 16.1. The van der Waals surface area contributed by atoms with E-state index in [-0.39, 0.29) is 5.91 Å². The Hall–Kier alpha value is -2.10. The molecule has 2 aromatic rings. The van der Waals surface area contributed by atoms with Crippen molar-refractivity contribution >= 4 is 11.6 Å². The average molecular weight is 285 g/mol. The number of amides is 1. The number of anilines is 1. The van der Waals surface area contributed by atoms with Crippen LogP contribution in [0.5, 0.6) is 0 Å². The minimum absolute atomic E-state index is 0.00453. The smallest absolute Gasteiger partial charge is 0.228 e. The van der Waals surface area contributed by atoms with Crippen LogP contribution < -0.4 is 5.32 Å². The molecule has 0 saturated carbocycles. The molecule has 4 nitrogen and oxygen atoms in total.